The van der Waals surface area contributed by atoms with Crippen LogP contribution in [0, 0.1) is 0 Å². The minimum atomic E-state index is -3.63. The third-order valence-corrected chi connectivity index (χ3v) is 4.91. The van der Waals surface area contributed by atoms with Crippen LogP contribution >= 0.6 is 0 Å². The van der Waals surface area contributed by atoms with E-state index in [0.717, 1.165) is 6.26 Å². The molecule has 18 heavy (non-hydrogen) atoms. The maximum absolute atomic E-state index is 11.9. The molecule has 0 radical (unpaired) electrons. The van der Waals surface area contributed by atoms with E-state index in [0.29, 0.717) is 0 Å². The van der Waals surface area contributed by atoms with Crippen molar-refractivity contribution >= 4 is 19.9 Å². The summed E-state index contributed by atoms with van der Waals surface area (Å²) in [7, 11) is -6.94. The van der Waals surface area contributed by atoms with Crippen LogP contribution in [0.1, 0.15) is 20.8 Å². The summed E-state index contributed by atoms with van der Waals surface area (Å²) in [5.41, 5.74) is -0.589. The van der Waals surface area contributed by atoms with Gasteiger partial charge in [-0.2, -0.15) is 0 Å². The van der Waals surface area contributed by atoms with Crippen molar-refractivity contribution in [3.05, 3.63) is 24.3 Å². The van der Waals surface area contributed by atoms with Gasteiger partial charge in [0.1, 0.15) is 0 Å². The Hall–Kier alpha value is -0.920. The minimum absolute atomic E-state index is 0.0461. The first-order chi connectivity index (χ1) is 7.92. The lowest BCUT2D eigenvalue weighted by Gasteiger charge is -2.20. The molecule has 0 bridgehead atoms. The van der Waals surface area contributed by atoms with Crippen LogP contribution < -0.4 is 4.72 Å². The number of sulfonamides is 1. The summed E-state index contributed by atoms with van der Waals surface area (Å²) in [5, 5.41) is 0. The van der Waals surface area contributed by atoms with E-state index in [1.165, 1.54) is 24.3 Å². The predicted octanol–water partition coefficient (Wildman–Crippen LogP) is 1.17. The van der Waals surface area contributed by atoms with Gasteiger partial charge in [0.25, 0.3) is 0 Å². The van der Waals surface area contributed by atoms with Crippen molar-refractivity contribution in [1.29, 1.82) is 0 Å². The van der Waals surface area contributed by atoms with Crippen LogP contribution in [0.2, 0.25) is 0 Å². The minimum Gasteiger partial charge on any atom is -0.224 e. The van der Waals surface area contributed by atoms with Gasteiger partial charge in [-0.3, -0.25) is 0 Å². The van der Waals surface area contributed by atoms with Crippen LogP contribution in [0.5, 0.6) is 0 Å². The van der Waals surface area contributed by atoms with Gasteiger partial charge in [-0.25, -0.2) is 21.6 Å². The van der Waals surface area contributed by atoms with Gasteiger partial charge in [0.05, 0.1) is 9.79 Å². The molecule has 0 fully saturated rings. The highest BCUT2D eigenvalue weighted by molar-refractivity contribution is 7.90. The monoisotopic (exact) mass is 291 g/mol. The largest absolute Gasteiger partial charge is 0.241 e. The second-order valence-corrected chi connectivity index (χ2v) is 8.80. The van der Waals surface area contributed by atoms with Crippen LogP contribution in [0.3, 0.4) is 0 Å². The van der Waals surface area contributed by atoms with E-state index in [9.17, 15) is 16.8 Å². The Bertz CT molecular complexity index is 623. The molecule has 1 aromatic carbocycles. The van der Waals surface area contributed by atoms with Crippen molar-refractivity contribution in [3.8, 4) is 0 Å². The average molecular weight is 291 g/mol. The first-order valence-corrected chi connectivity index (χ1v) is 8.63. The van der Waals surface area contributed by atoms with Gasteiger partial charge in [0.15, 0.2) is 9.84 Å². The fraction of sp³-hybridized carbons (Fsp3) is 0.455. The van der Waals surface area contributed by atoms with E-state index < -0.39 is 25.4 Å². The van der Waals surface area contributed by atoms with Crippen molar-refractivity contribution in [2.24, 2.45) is 0 Å². The zero-order valence-electron chi connectivity index (χ0n) is 10.8. The Morgan fingerprint density at radius 3 is 1.61 bits per heavy atom. The third kappa shape index (κ3) is 4.08. The van der Waals surface area contributed by atoms with Crippen LogP contribution in [0.15, 0.2) is 34.1 Å². The normalized spacial score (nSPS) is 13.6. The molecular weight excluding hydrogens is 274 g/mol. The molecule has 1 N–H and O–H groups in total. The Kier molecular flexibility index (Phi) is 3.90. The second kappa shape index (κ2) is 4.64. The standard InChI is InChI=1S/C11H17NO4S2/c1-11(2,3)12-18(15,16)10-7-5-9(6-8-10)17(4,13)14/h5-8,12H,1-4H3. The molecular formula is C11H17NO4S2. The zero-order valence-corrected chi connectivity index (χ0v) is 12.4. The molecule has 0 aliphatic carbocycles. The molecule has 0 aliphatic rings. The molecule has 0 amide bonds. The highest BCUT2D eigenvalue weighted by Crippen LogP contribution is 2.16. The van der Waals surface area contributed by atoms with E-state index in [4.69, 9.17) is 0 Å². The summed E-state index contributed by atoms with van der Waals surface area (Å²) in [4.78, 5) is 0.141. The lowest BCUT2D eigenvalue weighted by molar-refractivity contribution is 0.491. The van der Waals surface area contributed by atoms with Crippen LogP contribution in [-0.2, 0) is 19.9 Å². The first kappa shape index (κ1) is 15.1. The molecule has 0 heterocycles. The lowest BCUT2D eigenvalue weighted by Crippen LogP contribution is -2.40. The Morgan fingerprint density at radius 2 is 1.28 bits per heavy atom. The number of benzene rings is 1. The van der Waals surface area contributed by atoms with Gasteiger partial charge >= 0.3 is 0 Å². The zero-order chi connectivity index (χ0) is 14.2. The van der Waals surface area contributed by atoms with Crippen molar-refractivity contribution < 1.29 is 16.8 Å². The lowest BCUT2D eigenvalue weighted by atomic mass is 10.1. The van der Waals surface area contributed by atoms with Crippen molar-refractivity contribution in [1.82, 2.24) is 4.72 Å². The van der Waals surface area contributed by atoms with Gasteiger partial charge in [0.2, 0.25) is 10.0 Å². The van der Waals surface area contributed by atoms with Crippen molar-refractivity contribution in [2.45, 2.75) is 36.1 Å². The number of sulfone groups is 1. The number of nitrogens with one attached hydrogen (secondary N) is 1. The summed E-state index contributed by atoms with van der Waals surface area (Å²) in [5.74, 6) is 0. The highest BCUT2D eigenvalue weighted by Gasteiger charge is 2.22. The molecule has 0 unspecified atom stereocenters. The van der Waals surface area contributed by atoms with Gasteiger partial charge in [-0.1, -0.05) is 0 Å². The van der Waals surface area contributed by atoms with Crippen LogP contribution in [0.25, 0.3) is 0 Å². The molecule has 0 saturated carbocycles. The number of hydrogen-bond donors (Lipinski definition) is 1. The first-order valence-electron chi connectivity index (χ1n) is 5.26. The van der Waals surface area contributed by atoms with Gasteiger partial charge in [-0.15, -0.1) is 0 Å². The Labute approximate surface area is 108 Å². The smallest absolute Gasteiger partial charge is 0.224 e. The van der Waals surface area contributed by atoms with Crippen LogP contribution in [0.4, 0.5) is 0 Å². The maximum atomic E-state index is 11.9. The molecule has 0 aliphatic heterocycles. The second-order valence-electron chi connectivity index (χ2n) is 5.10. The van der Waals surface area contributed by atoms with E-state index in [1.54, 1.807) is 20.8 Å². The molecule has 5 nitrogen and oxygen atoms in total. The third-order valence-electron chi connectivity index (χ3n) is 2.00. The summed E-state index contributed by atoms with van der Waals surface area (Å²) < 4.78 is 48.9. The topological polar surface area (TPSA) is 80.3 Å². The Morgan fingerprint density at radius 1 is 0.889 bits per heavy atom. The number of rotatable bonds is 3. The summed E-state index contributed by atoms with van der Waals surface area (Å²) >= 11 is 0. The maximum Gasteiger partial charge on any atom is 0.241 e. The molecule has 0 spiro atoms. The SMILES string of the molecule is CC(C)(C)NS(=O)(=O)c1ccc(S(C)(=O)=O)cc1. The molecule has 0 atom stereocenters. The number of hydrogen-bond acceptors (Lipinski definition) is 4. The highest BCUT2D eigenvalue weighted by atomic mass is 32.2. The fourth-order valence-electron chi connectivity index (χ4n) is 1.33. The summed E-state index contributed by atoms with van der Waals surface area (Å²) in [6, 6.07) is 5.13. The molecule has 102 valence electrons. The molecule has 1 rings (SSSR count). The Balaban J connectivity index is 3.14. The van der Waals surface area contributed by atoms with Crippen molar-refractivity contribution in [2.75, 3.05) is 6.26 Å². The molecule has 0 aromatic heterocycles. The quantitative estimate of drug-likeness (QED) is 0.906. The predicted molar refractivity (Wildman–Crippen MR) is 69.6 cm³/mol. The summed E-state index contributed by atoms with van der Waals surface area (Å²) in [6.07, 6.45) is 1.07. The van der Waals surface area contributed by atoms with E-state index in [2.05, 4.69) is 4.72 Å². The van der Waals surface area contributed by atoms with Gasteiger partial charge in [-0.05, 0) is 45.0 Å². The summed E-state index contributed by atoms with van der Waals surface area (Å²) in [6.45, 7) is 5.19. The van der Waals surface area contributed by atoms with Gasteiger partial charge in [0, 0.05) is 11.8 Å². The van der Waals surface area contributed by atoms with Crippen molar-refractivity contribution in [3.63, 3.8) is 0 Å². The average Bonchev–Trinajstić information content (AvgIpc) is 2.13. The van der Waals surface area contributed by atoms with Gasteiger partial charge < -0.3 is 0 Å². The van der Waals surface area contributed by atoms with E-state index in [1.807, 2.05) is 0 Å². The fourth-order valence-corrected chi connectivity index (χ4v) is 3.38. The molecule has 7 heteroatoms. The molecule has 1 aromatic rings. The van der Waals surface area contributed by atoms with E-state index in [-0.39, 0.29) is 9.79 Å². The van der Waals surface area contributed by atoms with Crippen LogP contribution in [-0.4, -0.2) is 28.6 Å². The molecule has 0 saturated heterocycles. The van der Waals surface area contributed by atoms with E-state index >= 15 is 0 Å².